The number of nitrogens with zero attached hydrogens (tertiary/aromatic N) is 2. The molecule has 2 atom stereocenters. The van der Waals surface area contributed by atoms with Gasteiger partial charge in [-0.1, -0.05) is 6.07 Å². The summed E-state index contributed by atoms with van der Waals surface area (Å²) in [4.78, 5) is 9.70. The standard InChI is InChI=1S/C14H16N2OS/c1-9-14(18-8-16-9)13(17)11-6-2-4-10-5-3-7-15-12(10)11/h3,5,7-8,11,13,17H,2,4,6H2,1H3. The van der Waals surface area contributed by atoms with Gasteiger partial charge in [0.05, 0.1) is 22.2 Å². The third-order valence-corrected chi connectivity index (χ3v) is 4.67. The molecule has 0 aromatic carbocycles. The van der Waals surface area contributed by atoms with Gasteiger partial charge in [-0.3, -0.25) is 4.98 Å². The van der Waals surface area contributed by atoms with Gasteiger partial charge < -0.3 is 5.11 Å². The van der Waals surface area contributed by atoms with E-state index >= 15 is 0 Å². The van der Waals surface area contributed by atoms with Crippen LogP contribution in [0.5, 0.6) is 0 Å². The van der Waals surface area contributed by atoms with Gasteiger partial charge >= 0.3 is 0 Å². The number of aryl methyl sites for hydroxylation is 2. The van der Waals surface area contributed by atoms with Crippen LogP contribution in [0, 0.1) is 6.92 Å². The third kappa shape index (κ3) is 1.95. The monoisotopic (exact) mass is 260 g/mol. The van der Waals surface area contributed by atoms with Gasteiger partial charge in [-0.15, -0.1) is 11.3 Å². The molecule has 4 heteroatoms. The average molecular weight is 260 g/mol. The Morgan fingerprint density at radius 1 is 1.44 bits per heavy atom. The van der Waals surface area contributed by atoms with E-state index in [1.807, 2.05) is 19.2 Å². The van der Waals surface area contributed by atoms with Crippen LogP contribution in [0.15, 0.2) is 23.8 Å². The van der Waals surface area contributed by atoms with Crippen LogP contribution in [0.2, 0.25) is 0 Å². The number of hydrogen-bond acceptors (Lipinski definition) is 4. The zero-order chi connectivity index (χ0) is 12.5. The molecule has 1 aliphatic rings. The fourth-order valence-electron chi connectivity index (χ4n) is 2.73. The van der Waals surface area contributed by atoms with E-state index < -0.39 is 6.10 Å². The Morgan fingerprint density at radius 3 is 3.11 bits per heavy atom. The Labute approximate surface area is 111 Å². The molecule has 1 aliphatic carbocycles. The first kappa shape index (κ1) is 11.8. The normalized spacial score (nSPS) is 20.4. The number of fused-ring (bicyclic) bond motifs is 1. The van der Waals surface area contributed by atoms with Crippen LogP contribution in [0.25, 0.3) is 0 Å². The van der Waals surface area contributed by atoms with Crippen molar-refractivity contribution in [1.29, 1.82) is 0 Å². The number of aliphatic hydroxyl groups excluding tert-OH is 1. The molecular weight excluding hydrogens is 244 g/mol. The molecule has 0 fully saturated rings. The maximum atomic E-state index is 10.6. The molecule has 0 aliphatic heterocycles. The van der Waals surface area contributed by atoms with Crippen molar-refractivity contribution >= 4 is 11.3 Å². The van der Waals surface area contributed by atoms with Crippen LogP contribution in [0.3, 0.4) is 0 Å². The van der Waals surface area contributed by atoms with Crippen molar-refractivity contribution in [1.82, 2.24) is 9.97 Å². The van der Waals surface area contributed by atoms with E-state index in [4.69, 9.17) is 0 Å². The van der Waals surface area contributed by atoms with Crippen molar-refractivity contribution in [3.63, 3.8) is 0 Å². The summed E-state index contributed by atoms with van der Waals surface area (Å²) in [5.74, 6) is 0.120. The molecular formula is C14H16N2OS. The van der Waals surface area contributed by atoms with Crippen molar-refractivity contribution in [3.05, 3.63) is 45.7 Å². The zero-order valence-corrected chi connectivity index (χ0v) is 11.2. The number of rotatable bonds is 2. The van der Waals surface area contributed by atoms with E-state index in [1.54, 1.807) is 5.51 Å². The molecule has 0 saturated carbocycles. The Hall–Kier alpha value is -1.26. The highest BCUT2D eigenvalue weighted by Crippen LogP contribution is 2.40. The summed E-state index contributed by atoms with van der Waals surface area (Å²) in [5, 5.41) is 10.6. The van der Waals surface area contributed by atoms with Crippen LogP contribution < -0.4 is 0 Å². The number of hydrogen-bond donors (Lipinski definition) is 1. The summed E-state index contributed by atoms with van der Waals surface area (Å²) in [7, 11) is 0. The summed E-state index contributed by atoms with van der Waals surface area (Å²) in [6.45, 7) is 1.96. The van der Waals surface area contributed by atoms with E-state index in [1.165, 1.54) is 16.9 Å². The van der Waals surface area contributed by atoms with Crippen LogP contribution in [0.1, 0.15) is 46.7 Å². The van der Waals surface area contributed by atoms with Crippen molar-refractivity contribution < 1.29 is 5.11 Å². The molecule has 3 rings (SSSR count). The molecule has 18 heavy (non-hydrogen) atoms. The molecule has 2 aromatic heterocycles. The van der Waals surface area contributed by atoms with E-state index in [0.29, 0.717) is 0 Å². The maximum Gasteiger partial charge on any atom is 0.0984 e. The molecule has 2 heterocycles. The van der Waals surface area contributed by atoms with Crippen molar-refractivity contribution in [2.75, 3.05) is 0 Å². The summed E-state index contributed by atoms with van der Waals surface area (Å²) in [6.07, 6.45) is 4.56. The fraction of sp³-hybridized carbons (Fsp3) is 0.429. The van der Waals surface area contributed by atoms with E-state index in [0.717, 1.165) is 35.5 Å². The minimum absolute atomic E-state index is 0.120. The van der Waals surface area contributed by atoms with Gasteiger partial charge in [-0.2, -0.15) is 0 Å². The Kier molecular flexibility index (Phi) is 3.14. The summed E-state index contributed by atoms with van der Waals surface area (Å²) in [6, 6.07) is 4.10. The van der Waals surface area contributed by atoms with Gasteiger partial charge in [0.2, 0.25) is 0 Å². The van der Waals surface area contributed by atoms with E-state index in [2.05, 4.69) is 16.0 Å². The van der Waals surface area contributed by atoms with Gasteiger partial charge in [0.1, 0.15) is 0 Å². The molecule has 0 radical (unpaired) electrons. The summed E-state index contributed by atoms with van der Waals surface area (Å²) < 4.78 is 0. The largest absolute Gasteiger partial charge is 0.387 e. The first-order valence-electron chi connectivity index (χ1n) is 6.29. The lowest BCUT2D eigenvalue weighted by Crippen LogP contribution is -2.18. The molecule has 2 aromatic rings. The average Bonchev–Trinajstić information content (AvgIpc) is 2.83. The second-order valence-electron chi connectivity index (χ2n) is 4.79. The van der Waals surface area contributed by atoms with E-state index in [9.17, 15) is 5.11 Å². The first-order valence-corrected chi connectivity index (χ1v) is 7.17. The highest BCUT2D eigenvalue weighted by molar-refractivity contribution is 7.09. The molecule has 94 valence electrons. The summed E-state index contributed by atoms with van der Waals surface area (Å²) in [5.41, 5.74) is 5.10. The smallest absolute Gasteiger partial charge is 0.0984 e. The number of aliphatic hydroxyl groups is 1. The molecule has 0 bridgehead atoms. The maximum absolute atomic E-state index is 10.6. The van der Waals surface area contributed by atoms with Crippen molar-refractivity contribution in [3.8, 4) is 0 Å². The van der Waals surface area contributed by atoms with Gasteiger partial charge in [0.15, 0.2) is 0 Å². The predicted molar refractivity (Wildman–Crippen MR) is 71.7 cm³/mol. The van der Waals surface area contributed by atoms with Crippen molar-refractivity contribution in [2.45, 2.75) is 38.2 Å². The van der Waals surface area contributed by atoms with E-state index in [-0.39, 0.29) is 5.92 Å². The van der Waals surface area contributed by atoms with Gasteiger partial charge in [0, 0.05) is 17.8 Å². The molecule has 0 amide bonds. The van der Waals surface area contributed by atoms with Crippen LogP contribution >= 0.6 is 11.3 Å². The minimum atomic E-state index is -0.466. The molecule has 0 saturated heterocycles. The van der Waals surface area contributed by atoms with Crippen molar-refractivity contribution in [2.24, 2.45) is 0 Å². The lowest BCUT2D eigenvalue weighted by atomic mass is 9.82. The number of thiazole rings is 1. The summed E-state index contributed by atoms with van der Waals surface area (Å²) >= 11 is 1.54. The second-order valence-corrected chi connectivity index (χ2v) is 5.68. The highest BCUT2D eigenvalue weighted by Gasteiger charge is 2.30. The topological polar surface area (TPSA) is 46.0 Å². The Bertz CT molecular complexity index is 552. The number of aromatic nitrogens is 2. The first-order chi connectivity index (χ1) is 8.77. The van der Waals surface area contributed by atoms with Crippen LogP contribution in [-0.2, 0) is 6.42 Å². The predicted octanol–water partition coefficient (Wildman–Crippen LogP) is 3.00. The number of pyridine rings is 1. The molecule has 3 nitrogen and oxygen atoms in total. The molecule has 0 spiro atoms. The van der Waals surface area contributed by atoms with Gasteiger partial charge in [-0.05, 0) is 37.8 Å². The Morgan fingerprint density at radius 2 is 2.33 bits per heavy atom. The van der Waals surface area contributed by atoms with Gasteiger partial charge in [-0.25, -0.2) is 4.98 Å². The van der Waals surface area contributed by atoms with Gasteiger partial charge in [0.25, 0.3) is 0 Å². The Balaban J connectivity index is 1.97. The lowest BCUT2D eigenvalue weighted by Gasteiger charge is -2.27. The molecule has 1 N–H and O–H groups in total. The second kappa shape index (κ2) is 4.78. The zero-order valence-electron chi connectivity index (χ0n) is 10.3. The minimum Gasteiger partial charge on any atom is -0.387 e. The quantitative estimate of drug-likeness (QED) is 0.903. The highest BCUT2D eigenvalue weighted by atomic mass is 32.1. The third-order valence-electron chi connectivity index (χ3n) is 3.67. The SMILES string of the molecule is Cc1ncsc1C(O)C1CCCc2cccnc21. The lowest BCUT2D eigenvalue weighted by molar-refractivity contribution is 0.136. The fourth-order valence-corrected chi connectivity index (χ4v) is 3.58. The molecule has 2 unspecified atom stereocenters. The van der Waals surface area contributed by atoms with Crippen LogP contribution in [-0.4, -0.2) is 15.1 Å². The van der Waals surface area contributed by atoms with Crippen LogP contribution in [0.4, 0.5) is 0 Å².